The van der Waals surface area contributed by atoms with Crippen molar-refractivity contribution in [2.24, 2.45) is 0 Å². The second kappa shape index (κ2) is 6.05. The molecule has 3 nitrogen and oxygen atoms in total. The van der Waals surface area contributed by atoms with Gasteiger partial charge in [-0.3, -0.25) is 4.79 Å². The third kappa shape index (κ3) is 2.67. The Bertz CT molecular complexity index is 659. The van der Waals surface area contributed by atoms with E-state index < -0.39 is 5.82 Å². The summed E-state index contributed by atoms with van der Waals surface area (Å²) in [5, 5.41) is 2.31. The molecule has 0 fully saturated rings. The van der Waals surface area contributed by atoms with Gasteiger partial charge in [0.05, 0.1) is 7.11 Å². The topological polar surface area (TPSA) is 38.3 Å². The Kier molecular flexibility index (Phi) is 4.39. The molecule has 1 amide bonds. The number of benzene rings is 2. The van der Waals surface area contributed by atoms with Crippen LogP contribution < -0.4 is 10.1 Å². The first-order chi connectivity index (χ1) is 9.58. The van der Waals surface area contributed by atoms with Gasteiger partial charge in [-0.05, 0) is 41.8 Å². The molecule has 2 rings (SSSR count). The number of carbonyl (C=O) groups excluding carboxylic acids is 1. The van der Waals surface area contributed by atoms with E-state index in [0.29, 0.717) is 12.0 Å². The van der Waals surface area contributed by atoms with Crippen LogP contribution in [0.15, 0.2) is 34.8 Å². The van der Waals surface area contributed by atoms with Gasteiger partial charge in [-0.25, -0.2) is 4.39 Å². The number of halogens is 2. The number of hydrogen-bond donors (Lipinski definition) is 1. The Morgan fingerprint density at radius 3 is 2.75 bits per heavy atom. The van der Waals surface area contributed by atoms with Gasteiger partial charge in [-0.15, -0.1) is 0 Å². The number of nitrogens with one attached hydrogen (secondary N) is 1. The minimum atomic E-state index is -0.536. The summed E-state index contributed by atoms with van der Waals surface area (Å²) < 4.78 is 20.2. The summed E-state index contributed by atoms with van der Waals surface area (Å²) in [5.41, 5.74) is 2.63. The molecule has 5 heteroatoms. The number of anilines is 1. The Morgan fingerprint density at radius 2 is 2.10 bits per heavy atom. The molecule has 0 aliphatic heterocycles. The van der Waals surface area contributed by atoms with Crippen LogP contribution in [-0.2, 0) is 4.79 Å². The van der Waals surface area contributed by atoms with Gasteiger partial charge in [-0.2, -0.15) is 0 Å². The summed E-state index contributed by atoms with van der Waals surface area (Å²) in [6, 6.07) is 8.79. The van der Waals surface area contributed by atoms with E-state index in [-0.39, 0.29) is 11.4 Å². The van der Waals surface area contributed by atoms with Gasteiger partial charge in [0.1, 0.15) is 11.4 Å². The lowest BCUT2D eigenvalue weighted by molar-refractivity contribution is -0.105. The van der Waals surface area contributed by atoms with E-state index in [0.717, 1.165) is 15.6 Å². The van der Waals surface area contributed by atoms with Gasteiger partial charge >= 0.3 is 0 Å². The lowest BCUT2D eigenvalue weighted by Crippen LogP contribution is -2.01. The lowest BCUT2D eigenvalue weighted by atomic mass is 10.00. The maximum Gasteiger partial charge on any atom is 0.211 e. The lowest BCUT2D eigenvalue weighted by Gasteiger charge is -2.13. The number of carbonyl (C=O) groups is 1. The van der Waals surface area contributed by atoms with Crippen LogP contribution in [-0.4, -0.2) is 13.5 Å². The monoisotopic (exact) mass is 337 g/mol. The summed E-state index contributed by atoms with van der Waals surface area (Å²) in [4.78, 5) is 10.5. The largest absolute Gasteiger partial charge is 0.494 e. The molecule has 2 aromatic carbocycles. The number of methoxy groups -OCH3 is 1. The first-order valence-electron chi connectivity index (χ1n) is 5.91. The molecule has 0 radical (unpaired) electrons. The van der Waals surface area contributed by atoms with Crippen molar-refractivity contribution < 1.29 is 13.9 Å². The molecule has 1 N–H and O–H groups in total. The smallest absolute Gasteiger partial charge is 0.211 e. The highest BCUT2D eigenvalue weighted by atomic mass is 79.9. The molecule has 0 spiro atoms. The SMILES string of the molecule is COc1cc(-c2cccc(Br)c2C)cc(F)c1NC=O. The van der Waals surface area contributed by atoms with Crippen LogP contribution in [0.3, 0.4) is 0 Å². The van der Waals surface area contributed by atoms with E-state index >= 15 is 0 Å². The third-order valence-electron chi connectivity index (χ3n) is 3.06. The summed E-state index contributed by atoms with van der Waals surface area (Å²) in [6.07, 6.45) is 0.422. The average molecular weight is 338 g/mol. The standard InChI is InChI=1S/C15H13BrFNO2/c1-9-11(4-3-5-12(9)16)10-6-13(17)15(18-8-19)14(7-10)20-2/h3-8H,1-2H3,(H,18,19). The highest BCUT2D eigenvalue weighted by molar-refractivity contribution is 9.10. The van der Waals surface area contributed by atoms with Crippen molar-refractivity contribution in [1.82, 2.24) is 0 Å². The van der Waals surface area contributed by atoms with Crippen molar-refractivity contribution >= 4 is 28.0 Å². The minimum absolute atomic E-state index is 0.0406. The summed E-state index contributed by atoms with van der Waals surface area (Å²) in [6.45, 7) is 1.95. The molecular weight excluding hydrogens is 325 g/mol. The van der Waals surface area contributed by atoms with E-state index in [1.165, 1.54) is 13.2 Å². The van der Waals surface area contributed by atoms with Gasteiger partial charge in [0.15, 0.2) is 5.82 Å². The quantitative estimate of drug-likeness (QED) is 0.851. The highest BCUT2D eigenvalue weighted by Crippen LogP contribution is 2.36. The minimum Gasteiger partial charge on any atom is -0.494 e. The average Bonchev–Trinajstić information content (AvgIpc) is 2.44. The molecule has 0 aliphatic carbocycles. The molecule has 0 saturated heterocycles. The summed E-state index contributed by atoms with van der Waals surface area (Å²) in [7, 11) is 1.43. The Morgan fingerprint density at radius 1 is 1.35 bits per heavy atom. The van der Waals surface area contributed by atoms with Crippen molar-refractivity contribution in [3.63, 3.8) is 0 Å². The van der Waals surface area contributed by atoms with E-state index in [1.54, 1.807) is 6.07 Å². The molecule has 0 atom stereocenters. The molecule has 20 heavy (non-hydrogen) atoms. The van der Waals surface area contributed by atoms with E-state index in [4.69, 9.17) is 4.74 Å². The fraction of sp³-hybridized carbons (Fsp3) is 0.133. The van der Waals surface area contributed by atoms with Gasteiger partial charge in [0, 0.05) is 4.47 Å². The molecular formula is C15H13BrFNO2. The van der Waals surface area contributed by atoms with Crippen molar-refractivity contribution in [3.05, 3.63) is 46.2 Å². The van der Waals surface area contributed by atoms with Crippen LogP contribution in [0.25, 0.3) is 11.1 Å². The molecule has 0 heterocycles. The third-order valence-corrected chi connectivity index (χ3v) is 3.92. The number of rotatable bonds is 4. The number of hydrogen-bond acceptors (Lipinski definition) is 2. The van der Waals surface area contributed by atoms with Crippen LogP contribution >= 0.6 is 15.9 Å². The zero-order chi connectivity index (χ0) is 14.7. The molecule has 104 valence electrons. The van der Waals surface area contributed by atoms with E-state index in [2.05, 4.69) is 21.2 Å². The van der Waals surface area contributed by atoms with Crippen molar-refractivity contribution in [2.75, 3.05) is 12.4 Å². The van der Waals surface area contributed by atoms with Crippen LogP contribution in [0.5, 0.6) is 5.75 Å². The zero-order valence-electron chi connectivity index (χ0n) is 11.0. The summed E-state index contributed by atoms with van der Waals surface area (Å²) in [5.74, 6) is -0.252. The second-order valence-electron chi connectivity index (χ2n) is 4.21. The molecule has 2 aromatic rings. The predicted octanol–water partition coefficient (Wildman–Crippen LogP) is 4.14. The van der Waals surface area contributed by atoms with Crippen molar-refractivity contribution in [3.8, 4) is 16.9 Å². The highest BCUT2D eigenvalue weighted by Gasteiger charge is 2.14. The van der Waals surface area contributed by atoms with Gasteiger partial charge in [-0.1, -0.05) is 28.1 Å². The van der Waals surface area contributed by atoms with Crippen LogP contribution in [0, 0.1) is 12.7 Å². The molecule has 0 aliphatic rings. The number of amides is 1. The normalized spacial score (nSPS) is 10.2. The maximum atomic E-state index is 14.1. The second-order valence-corrected chi connectivity index (χ2v) is 5.06. The number of ether oxygens (including phenoxy) is 1. The predicted molar refractivity (Wildman–Crippen MR) is 80.5 cm³/mol. The zero-order valence-corrected chi connectivity index (χ0v) is 12.6. The molecule has 0 bridgehead atoms. The van der Waals surface area contributed by atoms with Crippen molar-refractivity contribution in [2.45, 2.75) is 6.92 Å². The van der Waals surface area contributed by atoms with Gasteiger partial charge in [0.25, 0.3) is 0 Å². The maximum absolute atomic E-state index is 14.1. The first kappa shape index (κ1) is 14.5. The van der Waals surface area contributed by atoms with E-state index in [1.807, 2.05) is 25.1 Å². The fourth-order valence-corrected chi connectivity index (χ4v) is 2.38. The van der Waals surface area contributed by atoms with Crippen LogP contribution in [0.2, 0.25) is 0 Å². The van der Waals surface area contributed by atoms with E-state index in [9.17, 15) is 9.18 Å². The molecule has 0 aromatic heterocycles. The van der Waals surface area contributed by atoms with Crippen LogP contribution in [0.4, 0.5) is 10.1 Å². The Balaban J connectivity index is 2.61. The fourth-order valence-electron chi connectivity index (χ4n) is 2.02. The Labute approximate surface area is 124 Å². The van der Waals surface area contributed by atoms with Gasteiger partial charge < -0.3 is 10.1 Å². The Hall–Kier alpha value is -1.88. The van der Waals surface area contributed by atoms with Gasteiger partial charge in [0.2, 0.25) is 6.41 Å². The summed E-state index contributed by atoms with van der Waals surface area (Å²) >= 11 is 3.45. The molecule has 0 unspecified atom stereocenters. The van der Waals surface area contributed by atoms with Crippen molar-refractivity contribution in [1.29, 1.82) is 0 Å². The van der Waals surface area contributed by atoms with Crippen LogP contribution in [0.1, 0.15) is 5.56 Å². The first-order valence-corrected chi connectivity index (χ1v) is 6.71. The molecule has 0 saturated carbocycles.